The second kappa shape index (κ2) is 5.63. The van der Waals surface area contributed by atoms with Gasteiger partial charge in [0, 0.05) is 19.0 Å². The van der Waals surface area contributed by atoms with Crippen LogP contribution >= 0.6 is 0 Å². The second-order valence-electron chi connectivity index (χ2n) is 5.63. The molecular weight excluding hydrogens is 299 g/mol. The highest BCUT2D eigenvalue weighted by Gasteiger charge is 2.63. The van der Waals surface area contributed by atoms with Crippen LogP contribution in [0.25, 0.3) is 0 Å². The highest BCUT2D eigenvalue weighted by molar-refractivity contribution is 5.93. The van der Waals surface area contributed by atoms with E-state index in [1.807, 2.05) is 0 Å². The van der Waals surface area contributed by atoms with E-state index in [1.165, 1.54) is 6.92 Å². The van der Waals surface area contributed by atoms with Gasteiger partial charge in [0.1, 0.15) is 0 Å². The molecule has 22 heavy (non-hydrogen) atoms. The molecule has 1 aliphatic rings. The van der Waals surface area contributed by atoms with Crippen LogP contribution in [0.3, 0.4) is 0 Å². The van der Waals surface area contributed by atoms with Crippen LogP contribution in [-0.4, -0.2) is 40.2 Å². The van der Waals surface area contributed by atoms with Crippen LogP contribution in [0.4, 0.5) is 13.2 Å². The van der Waals surface area contributed by atoms with Crippen molar-refractivity contribution >= 4 is 5.91 Å². The van der Waals surface area contributed by atoms with Crippen molar-refractivity contribution in [3.8, 4) is 11.8 Å². The highest BCUT2D eigenvalue weighted by atomic mass is 19.4. The van der Waals surface area contributed by atoms with Crippen LogP contribution in [0, 0.1) is 24.7 Å². The number of nitrogens with zero attached hydrogens (tertiary/aromatic N) is 3. The SMILES string of the molecule is Cc1noc(C2(C(F)(F)F)CCN(C(=O)C#CC(C)C)C2)n1. The first-order chi connectivity index (χ1) is 10.2. The zero-order chi connectivity index (χ0) is 16.5. The first-order valence-corrected chi connectivity index (χ1v) is 6.84. The van der Waals surface area contributed by atoms with E-state index in [9.17, 15) is 18.0 Å². The standard InChI is InChI=1S/C14H16F3N3O2/c1-9(2)4-5-11(21)20-7-6-13(8-20,14(15,16)17)12-18-10(3)19-22-12/h9H,6-8H2,1-3H3. The van der Waals surface area contributed by atoms with Crippen molar-refractivity contribution in [2.24, 2.45) is 5.92 Å². The molecule has 0 radical (unpaired) electrons. The molecule has 5 nitrogen and oxygen atoms in total. The Morgan fingerprint density at radius 1 is 1.45 bits per heavy atom. The Kier molecular flexibility index (Phi) is 4.18. The summed E-state index contributed by atoms with van der Waals surface area (Å²) in [6.07, 6.45) is -4.90. The third-order valence-electron chi connectivity index (χ3n) is 3.50. The molecule has 1 atom stereocenters. The number of hydrogen-bond donors (Lipinski definition) is 0. The molecule has 0 spiro atoms. The minimum atomic E-state index is -4.59. The molecule has 2 rings (SSSR count). The molecule has 0 aliphatic carbocycles. The number of likely N-dealkylation sites (tertiary alicyclic amines) is 1. The number of halogens is 3. The van der Waals surface area contributed by atoms with E-state index in [2.05, 4.69) is 22.0 Å². The number of alkyl halides is 3. The third kappa shape index (κ3) is 2.93. The van der Waals surface area contributed by atoms with Crippen LogP contribution in [0.5, 0.6) is 0 Å². The smallest absolute Gasteiger partial charge is 0.338 e. The van der Waals surface area contributed by atoms with E-state index in [-0.39, 0.29) is 24.7 Å². The Balaban J connectivity index is 2.29. The fraction of sp³-hybridized carbons (Fsp3) is 0.643. The Hall–Kier alpha value is -2.04. The maximum atomic E-state index is 13.6. The fourth-order valence-corrected chi connectivity index (χ4v) is 2.29. The Bertz CT molecular complexity index is 627. The lowest BCUT2D eigenvalue weighted by Gasteiger charge is -2.27. The van der Waals surface area contributed by atoms with E-state index >= 15 is 0 Å². The second-order valence-corrected chi connectivity index (χ2v) is 5.63. The molecular formula is C14H16F3N3O2. The van der Waals surface area contributed by atoms with Gasteiger partial charge in [0.25, 0.3) is 5.91 Å². The van der Waals surface area contributed by atoms with Gasteiger partial charge in [0.15, 0.2) is 11.2 Å². The molecule has 0 bridgehead atoms. The molecule has 1 aliphatic heterocycles. The van der Waals surface area contributed by atoms with Crippen LogP contribution in [-0.2, 0) is 10.2 Å². The van der Waals surface area contributed by atoms with E-state index in [1.54, 1.807) is 13.8 Å². The summed E-state index contributed by atoms with van der Waals surface area (Å²) in [6.45, 7) is 4.44. The Morgan fingerprint density at radius 3 is 2.64 bits per heavy atom. The van der Waals surface area contributed by atoms with Crippen LogP contribution < -0.4 is 0 Å². The van der Waals surface area contributed by atoms with Gasteiger partial charge < -0.3 is 9.42 Å². The predicted molar refractivity (Wildman–Crippen MR) is 70.6 cm³/mol. The third-order valence-corrected chi connectivity index (χ3v) is 3.50. The van der Waals surface area contributed by atoms with E-state index < -0.39 is 29.9 Å². The molecule has 8 heteroatoms. The molecule has 2 heterocycles. The first kappa shape index (κ1) is 16.3. The van der Waals surface area contributed by atoms with Crippen molar-refractivity contribution in [1.29, 1.82) is 0 Å². The average molecular weight is 315 g/mol. The molecule has 120 valence electrons. The van der Waals surface area contributed by atoms with E-state index in [0.717, 1.165) is 4.90 Å². The number of carbonyl (C=O) groups excluding carboxylic acids is 1. The number of aryl methyl sites for hydroxylation is 1. The monoisotopic (exact) mass is 315 g/mol. The summed E-state index contributed by atoms with van der Waals surface area (Å²) in [7, 11) is 0. The fourth-order valence-electron chi connectivity index (χ4n) is 2.29. The first-order valence-electron chi connectivity index (χ1n) is 6.84. The van der Waals surface area contributed by atoms with Crippen molar-refractivity contribution in [1.82, 2.24) is 15.0 Å². The minimum Gasteiger partial charge on any atom is -0.338 e. The van der Waals surface area contributed by atoms with Gasteiger partial charge in [-0.1, -0.05) is 24.9 Å². The number of hydrogen-bond acceptors (Lipinski definition) is 4. The number of carbonyl (C=O) groups is 1. The lowest BCUT2D eigenvalue weighted by atomic mass is 9.86. The van der Waals surface area contributed by atoms with Gasteiger partial charge in [-0.3, -0.25) is 4.79 Å². The lowest BCUT2D eigenvalue weighted by Crippen LogP contribution is -2.45. The summed E-state index contributed by atoms with van der Waals surface area (Å²) in [4.78, 5) is 16.7. The van der Waals surface area contributed by atoms with Crippen LogP contribution in [0.2, 0.25) is 0 Å². The molecule has 0 N–H and O–H groups in total. The van der Waals surface area contributed by atoms with Crippen molar-refractivity contribution < 1.29 is 22.5 Å². The Labute approximate surface area is 125 Å². The molecule has 1 aromatic heterocycles. The molecule has 1 amide bonds. The molecule has 1 fully saturated rings. The van der Waals surface area contributed by atoms with Crippen LogP contribution in [0.1, 0.15) is 32.0 Å². The average Bonchev–Trinajstić information content (AvgIpc) is 3.01. The van der Waals surface area contributed by atoms with Crippen molar-refractivity contribution in [3.05, 3.63) is 11.7 Å². The summed E-state index contributed by atoms with van der Waals surface area (Å²) in [5, 5.41) is 3.43. The summed E-state index contributed by atoms with van der Waals surface area (Å²) in [5.41, 5.74) is -2.32. The molecule has 1 unspecified atom stereocenters. The molecule has 0 saturated carbocycles. The topological polar surface area (TPSA) is 59.2 Å². The Morgan fingerprint density at radius 2 is 2.14 bits per heavy atom. The van der Waals surface area contributed by atoms with Gasteiger partial charge in [-0.25, -0.2) is 0 Å². The zero-order valence-electron chi connectivity index (χ0n) is 12.5. The van der Waals surface area contributed by atoms with Gasteiger partial charge >= 0.3 is 6.18 Å². The maximum Gasteiger partial charge on any atom is 0.405 e. The van der Waals surface area contributed by atoms with E-state index in [4.69, 9.17) is 4.52 Å². The van der Waals surface area contributed by atoms with Crippen LogP contribution in [0.15, 0.2) is 4.52 Å². The highest BCUT2D eigenvalue weighted by Crippen LogP contribution is 2.46. The largest absolute Gasteiger partial charge is 0.405 e. The molecule has 0 aromatic carbocycles. The quantitative estimate of drug-likeness (QED) is 0.745. The lowest BCUT2D eigenvalue weighted by molar-refractivity contribution is -0.193. The number of amides is 1. The van der Waals surface area contributed by atoms with Gasteiger partial charge in [-0.2, -0.15) is 18.2 Å². The van der Waals surface area contributed by atoms with E-state index in [0.29, 0.717) is 0 Å². The zero-order valence-corrected chi connectivity index (χ0v) is 12.5. The summed E-state index contributed by atoms with van der Waals surface area (Å²) in [5.74, 6) is 4.02. The van der Waals surface area contributed by atoms with Gasteiger partial charge in [0.2, 0.25) is 5.89 Å². The predicted octanol–water partition coefficient (Wildman–Crippen LogP) is 2.07. The summed E-state index contributed by atoms with van der Waals surface area (Å²) >= 11 is 0. The molecule has 1 aromatic rings. The van der Waals surface area contributed by atoms with Gasteiger partial charge in [-0.15, -0.1) is 0 Å². The van der Waals surface area contributed by atoms with Gasteiger partial charge in [-0.05, 0) is 19.3 Å². The summed E-state index contributed by atoms with van der Waals surface area (Å²) in [6, 6.07) is 0. The van der Waals surface area contributed by atoms with Crippen molar-refractivity contribution in [2.75, 3.05) is 13.1 Å². The maximum absolute atomic E-state index is 13.6. The molecule has 1 saturated heterocycles. The number of rotatable bonds is 1. The van der Waals surface area contributed by atoms with Gasteiger partial charge in [0.05, 0.1) is 0 Å². The minimum absolute atomic E-state index is 0.0301. The van der Waals surface area contributed by atoms with Crippen molar-refractivity contribution in [3.63, 3.8) is 0 Å². The summed E-state index contributed by atoms with van der Waals surface area (Å²) < 4.78 is 45.4. The normalized spacial score (nSPS) is 21.9. The van der Waals surface area contributed by atoms with Crippen molar-refractivity contribution in [2.45, 2.75) is 38.8 Å². The number of aromatic nitrogens is 2.